The van der Waals surface area contributed by atoms with Gasteiger partial charge in [0.2, 0.25) is 0 Å². The van der Waals surface area contributed by atoms with Crippen molar-refractivity contribution in [2.75, 3.05) is 19.8 Å². The maximum absolute atomic E-state index is 11.9. The van der Waals surface area contributed by atoms with Gasteiger partial charge in [-0.1, -0.05) is 0 Å². The molecule has 0 atom stereocenters. The summed E-state index contributed by atoms with van der Waals surface area (Å²) in [4.78, 5) is 8.70. The standard InChI is InChI=1S/C12H16F3N3O/c1-8-9-6-16-4-2-10(9)18-11(17-8)3-5-19-7-12(13,14)15/h16H,2-7H2,1H3. The Bertz CT molecular complexity index is 449. The first-order valence-electron chi connectivity index (χ1n) is 6.16. The number of rotatable bonds is 4. The van der Waals surface area contributed by atoms with Crippen molar-refractivity contribution in [3.05, 3.63) is 22.8 Å². The molecule has 0 aliphatic carbocycles. The third-order valence-electron chi connectivity index (χ3n) is 2.92. The van der Waals surface area contributed by atoms with E-state index in [2.05, 4.69) is 20.0 Å². The molecular weight excluding hydrogens is 259 g/mol. The van der Waals surface area contributed by atoms with Crippen LogP contribution in [0.4, 0.5) is 13.2 Å². The van der Waals surface area contributed by atoms with Gasteiger partial charge in [-0.15, -0.1) is 0 Å². The van der Waals surface area contributed by atoms with Crippen LogP contribution >= 0.6 is 0 Å². The predicted molar refractivity (Wildman–Crippen MR) is 62.8 cm³/mol. The molecular formula is C12H16F3N3O. The lowest BCUT2D eigenvalue weighted by Gasteiger charge is -2.18. The van der Waals surface area contributed by atoms with Crippen LogP contribution in [0.25, 0.3) is 0 Å². The Morgan fingerprint density at radius 1 is 1.32 bits per heavy atom. The summed E-state index contributed by atoms with van der Waals surface area (Å²) in [6.45, 7) is 2.28. The van der Waals surface area contributed by atoms with Gasteiger partial charge in [0.25, 0.3) is 0 Å². The van der Waals surface area contributed by atoms with Crippen molar-refractivity contribution in [1.82, 2.24) is 15.3 Å². The molecule has 0 amide bonds. The molecule has 1 aromatic rings. The highest BCUT2D eigenvalue weighted by Crippen LogP contribution is 2.16. The van der Waals surface area contributed by atoms with Crippen LogP contribution in [0.2, 0.25) is 0 Å². The number of aryl methyl sites for hydroxylation is 1. The van der Waals surface area contributed by atoms with Gasteiger partial charge >= 0.3 is 6.18 Å². The zero-order valence-electron chi connectivity index (χ0n) is 10.7. The SMILES string of the molecule is Cc1nc(CCOCC(F)(F)F)nc2c1CNCC2. The van der Waals surface area contributed by atoms with Crippen molar-refractivity contribution in [2.45, 2.75) is 32.5 Å². The molecule has 2 heterocycles. The maximum Gasteiger partial charge on any atom is 0.411 e. The lowest BCUT2D eigenvalue weighted by molar-refractivity contribution is -0.173. The largest absolute Gasteiger partial charge is 0.411 e. The van der Waals surface area contributed by atoms with E-state index in [4.69, 9.17) is 0 Å². The van der Waals surface area contributed by atoms with Gasteiger partial charge in [-0.3, -0.25) is 0 Å². The minimum absolute atomic E-state index is 0.0179. The zero-order valence-corrected chi connectivity index (χ0v) is 10.7. The number of halogens is 3. The van der Waals surface area contributed by atoms with Crippen molar-refractivity contribution in [3.8, 4) is 0 Å². The second kappa shape index (κ2) is 5.83. The lowest BCUT2D eigenvalue weighted by atomic mass is 10.1. The molecule has 0 aromatic carbocycles. The van der Waals surface area contributed by atoms with Gasteiger partial charge in [0.15, 0.2) is 0 Å². The summed E-state index contributed by atoms with van der Waals surface area (Å²) in [5, 5.41) is 3.24. The van der Waals surface area contributed by atoms with Crippen LogP contribution in [-0.4, -0.2) is 35.9 Å². The van der Waals surface area contributed by atoms with Gasteiger partial charge in [0, 0.05) is 37.2 Å². The molecule has 1 aliphatic rings. The Morgan fingerprint density at radius 3 is 2.84 bits per heavy atom. The number of nitrogens with zero attached hydrogens (tertiary/aromatic N) is 2. The Hall–Kier alpha value is -1.21. The predicted octanol–water partition coefficient (Wildman–Crippen LogP) is 1.55. The summed E-state index contributed by atoms with van der Waals surface area (Å²) in [5.74, 6) is 0.556. The minimum Gasteiger partial charge on any atom is -0.372 e. The summed E-state index contributed by atoms with van der Waals surface area (Å²) in [5.41, 5.74) is 2.99. The molecule has 4 nitrogen and oxygen atoms in total. The number of alkyl halides is 3. The molecule has 1 N–H and O–H groups in total. The van der Waals surface area contributed by atoms with E-state index in [-0.39, 0.29) is 6.61 Å². The molecule has 1 aromatic heterocycles. The fraction of sp³-hybridized carbons (Fsp3) is 0.667. The normalized spacial score (nSPS) is 15.4. The van der Waals surface area contributed by atoms with E-state index in [0.717, 1.165) is 36.5 Å². The average molecular weight is 275 g/mol. The molecule has 0 saturated heterocycles. The van der Waals surface area contributed by atoms with Crippen LogP contribution < -0.4 is 5.32 Å². The third kappa shape index (κ3) is 4.14. The minimum atomic E-state index is -4.28. The van der Waals surface area contributed by atoms with Crippen molar-refractivity contribution >= 4 is 0 Å². The lowest BCUT2D eigenvalue weighted by Crippen LogP contribution is -2.27. The number of hydrogen-bond acceptors (Lipinski definition) is 4. The van der Waals surface area contributed by atoms with Gasteiger partial charge < -0.3 is 10.1 Å². The first kappa shape index (κ1) is 14.2. The monoisotopic (exact) mass is 275 g/mol. The maximum atomic E-state index is 11.9. The third-order valence-corrected chi connectivity index (χ3v) is 2.92. The molecule has 106 valence electrons. The number of ether oxygens (including phenoxy) is 1. The Kier molecular flexibility index (Phi) is 4.36. The van der Waals surface area contributed by atoms with Gasteiger partial charge in [0.05, 0.1) is 12.3 Å². The van der Waals surface area contributed by atoms with Crippen molar-refractivity contribution in [1.29, 1.82) is 0 Å². The molecule has 0 spiro atoms. The van der Waals surface area contributed by atoms with Gasteiger partial charge in [0.1, 0.15) is 12.4 Å². The van der Waals surface area contributed by atoms with E-state index in [1.807, 2.05) is 6.92 Å². The van der Waals surface area contributed by atoms with Crippen LogP contribution in [0, 0.1) is 6.92 Å². The van der Waals surface area contributed by atoms with Crippen LogP contribution in [0.15, 0.2) is 0 Å². The van der Waals surface area contributed by atoms with Crippen LogP contribution in [0.5, 0.6) is 0 Å². The quantitative estimate of drug-likeness (QED) is 0.847. The Morgan fingerprint density at radius 2 is 2.11 bits per heavy atom. The van der Waals surface area contributed by atoms with Gasteiger partial charge in [-0.2, -0.15) is 13.2 Å². The molecule has 2 rings (SSSR count). The number of fused-ring (bicyclic) bond motifs is 1. The summed E-state index contributed by atoms with van der Waals surface area (Å²) in [6, 6.07) is 0. The molecule has 0 saturated carbocycles. The fourth-order valence-corrected chi connectivity index (χ4v) is 2.04. The molecule has 0 fully saturated rings. The zero-order chi connectivity index (χ0) is 13.9. The highest BCUT2D eigenvalue weighted by atomic mass is 19.4. The van der Waals surface area contributed by atoms with E-state index in [1.54, 1.807) is 0 Å². The van der Waals surface area contributed by atoms with Crippen molar-refractivity contribution in [3.63, 3.8) is 0 Å². The smallest absolute Gasteiger partial charge is 0.372 e. The molecule has 0 bridgehead atoms. The average Bonchev–Trinajstić information content (AvgIpc) is 2.34. The van der Waals surface area contributed by atoms with Gasteiger partial charge in [-0.25, -0.2) is 9.97 Å². The van der Waals surface area contributed by atoms with Crippen LogP contribution in [-0.2, 0) is 24.1 Å². The molecule has 0 radical (unpaired) electrons. The van der Waals surface area contributed by atoms with Crippen LogP contribution in [0.1, 0.15) is 22.8 Å². The highest BCUT2D eigenvalue weighted by molar-refractivity contribution is 5.27. The number of aromatic nitrogens is 2. The van der Waals surface area contributed by atoms with Gasteiger partial charge in [-0.05, 0) is 6.92 Å². The molecule has 0 unspecified atom stereocenters. The Balaban J connectivity index is 1.92. The summed E-state index contributed by atoms with van der Waals surface area (Å²) in [6.07, 6.45) is -3.15. The topological polar surface area (TPSA) is 47.0 Å². The molecule has 19 heavy (non-hydrogen) atoms. The highest BCUT2D eigenvalue weighted by Gasteiger charge is 2.27. The number of hydrogen-bond donors (Lipinski definition) is 1. The van der Waals surface area contributed by atoms with Crippen LogP contribution in [0.3, 0.4) is 0 Å². The van der Waals surface area contributed by atoms with E-state index < -0.39 is 12.8 Å². The number of nitrogens with one attached hydrogen (secondary N) is 1. The summed E-state index contributed by atoms with van der Waals surface area (Å²) >= 11 is 0. The fourth-order valence-electron chi connectivity index (χ4n) is 2.04. The summed E-state index contributed by atoms with van der Waals surface area (Å²) in [7, 11) is 0. The van der Waals surface area contributed by atoms with E-state index >= 15 is 0 Å². The molecule has 7 heteroatoms. The summed E-state index contributed by atoms with van der Waals surface area (Å²) < 4.78 is 40.3. The second-order valence-corrected chi connectivity index (χ2v) is 4.50. The second-order valence-electron chi connectivity index (χ2n) is 4.50. The van der Waals surface area contributed by atoms with Crippen molar-refractivity contribution < 1.29 is 17.9 Å². The van der Waals surface area contributed by atoms with E-state index in [9.17, 15) is 13.2 Å². The first-order chi connectivity index (χ1) is 8.96. The Labute approximate surface area is 109 Å². The van der Waals surface area contributed by atoms with Crippen molar-refractivity contribution in [2.24, 2.45) is 0 Å². The first-order valence-corrected chi connectivity index (χ1v) is 6.16. The molecule has 1 aliphatic heterocycles. The van der Waals surface area contributed by atoms with E-state index in [0.29, 0.717) is 12.2 Å². The van der Waals surface area contributed by atoms with E-state index in [1.165, 1.54) is 0 Å².